The maximum atomic E-state index is 15.1. The second-order valence-corrected chi connectivity index (χ2v) is 8.26. The fraction of sp³-hybridized carbons (Fsp3) is 0.292. The van der Waals surface area contributed by atoms with E-state index in [4.69, 9.17) is 4.52 Å². The molecule has 1 N–H and O–H groups in total. The summed E-state index contributed by atoms with van der Waals surface area (Å²) in [6.45, 7) is 4.06. The maximum absolute atomic E-state index is 15.1. The van der Waals surface area contributed by atoms with Gasteiger partial charge in [0.15, 0.2) is 0 Å². The first-order valence-corrected chi connectivity index (χ1v) is 10.4. The van der Waals surface area contributed by atoms with E-state index in [0.29, 0.717) is 6.42 Å². The van der Waals surface area contributed by atoms with E-state index in [9.17, 15) is 14.0 Å². The van der Waals surface area contributed by atoms with Gasteiger partial charge in [0.1, 0.15) is 11.9 Å². The van der Waals surface area contributed by atoms with Gasteiger partial charge in [0.2, 0.25) is 23.2 Å². The van der Waals surface area contributed by atoms with Crippen molar-refractivity contribution < 1.29 is 22.9 Å². The molecule has 2 amide bonds. The lowest BCUT2D eigenvalue weighted by atomic mass is 9.95. The van der Waals surface area contributed by atoms with E-state index < -0.39 is 35.3 Å². The highest BCUT2D eigenvalue weighted by molar-refractivity contribution is 5.98. The third kappa shape index (κ3) is 4.26. The molecule has 0 unspecified atom stereocenters. The molecule has 0 saturated carbocycles. The Morgan fingerprint density at radius 2 is 1.84 bits per heavy atom. The van der Waals surface area contributed by atoms with Crippen LogP contribution in [0.25, 0.3) is 11.3 Å². The van der Waals surface area contributed by atoms with Crippen molar-refractivity contribution >= 4 is 11.8 Å². The molecule has 3 aromatic rings. The van der Waals surface area contributed by atoms with Gasteiger partial charge in [0.05, 0.1) is 6.04 Å². The summed E-state index contributed by atoms with van der Waals surface area (Å²) in [5, 5.41) is 6.63. The molecule has 32 heavy (non-hydrogen) atoms. The zero-order chi connectivity index (χ0) is 22.8. The van der Waals surface area contributed by atoms with E-state index >= 15 is 4.39 Å². The number of amides is 2. The van der Waals surface area contributed by atoms with E-state index in [1.54, 1.807) is 0 Å². The summed E-state index contributed by atoms with van der Waals surface area (Å²) >= 11 is 0. The number of piperazine rings is 1. The Bertz CT molecular complexity index is 1110. The van der Waals surface area contributed by atoms with Gasteiger partial charge in [0.25, 0.3) is 5.91 Å². The average Bonchev–Trinajstić information content (AvgIpc) is 3.16. The Morgan fingerprint density at radius 1 is 1.16 bits per heavy atom. The second kappa shape index (κ2) is 8.90. The van der Waals surface area contributed by atoms with Crippen molar-refractivity contribution in [3.8, 4) is 11.3 Å². The number of benzene rings is 2. The average molecular weight is 439 g/mol. The molecule has 1 fully saturated rings. The summed E-state index contributed by atoms with van der Waals surface area (Å²) in [6.07, 6.45) is 0.420. The van der Waals surface area contributed by atoms with Gasteiger partial charge in [0, 0.05) is 12.1 Å². The summed E-state index contributed by atoms with van der Waals surface area (Å²) in [5.41, 5.74) is 0.599. The van der Waals surface area contributed by atoms with Crippen molar-refractivity contribution in [2.45, 2.75) is 32.4 Å². The monoisotopic (exact) mass is 439 g/mol. The summed E-state index contributed by atoms with van der Waals surface area (Å²) < 4.78 is 33.4. The van der Waals surface area contributed by atoms with E-state index in [2.05, 4.69) is 10.5 Å². The molecular formula is C24H23F2N3O3. The van der Waals surface area contributed by atoms with Crippen LogP contribution in [-0.2, 0) is 4.79 Å². The van der Waals surface area contributed by atoms with Crippen molar-refractivity contribution in [3.05, 3.63) is 77.5 Å². The number of aromatic nitrogens is 1. The minimum Gasteiger partial charge on any atom is -0.352 e. The molecule has 6 nitrogen and oxygen atoms in total. The molecule has 1 aliphatic rings. The number of rotatable bonds is 5. The lowest BCUT2D eigenvalue weighted by Crippen LogP contribution is -2.58. The highest BCUT2D eigenvalue weighted by Gasteiger charge is 2.40. The van der Waals surface area contributed by atoms with Crippen LogP contribution in [0.5, 0.6) is 0 Å². The van der Waals surface area contributed by atoms with Crippen LogP contribution in [0.2, 0.25) is 0 Å². The van der Waals surface area contributed by atoms with Crippen molar-refractivity contribution in [1.82, 2.24) is 15.4 Å². The first-order valence-electron chi connectivity index (χ1n) is 10.4. The minimum absolute atomic E-state index is 0.131. The SMILES string of the molecule is CC(C)C[C@H]1C(=O)N[C@@H](c2ccccc2)CN1C(=O)c1noc(-c2ccc(F)cc2)c1F. The number of hydrogen-bond acceptors (Lipinski definition) is 4. The standard InChI is InChI=1S/C24H23F2N3O3/c1-14(2)12-19-23(30)27-18(15-6-4-3-5-7-15)13-29(19)24(31)21-20(26)22(32-28-21)16-8-10-17(25)11-9-16/h3-11,14,18-19H,12-13H2,1-2H3,(H,27,30)/t18-,19+/m1/s1. The molecule has 166 valence electrons. The fourth-order valence-corrected chi connectivity index (χ4v) is 3.89. The predicted octanol–water partition coefficient (Wildman–Crippen LogP) is 4.35. The third-order valence-corrected chi connectivity index (χ3v) is 5.48. The number of nitrogens with one attached hydrogen (secondary N) is 1. The van der Waals surface area contributed by atoms with Crippen LogP contribution in [0.1, 0.15) is 42.4 Å². The minimum atomic E-state index is -0.938. The van der Waals surface area contributed by atoms with Gasteiger partial charge >= 0.3 is 0 Å². The zero-order valence-corrected chi connectivity index (χ0v) is 17.7. The number of halogens is 2. The van der Waals surface area contributed by atoms with Crippen LogP contribution in [-0.4, -0.2) is 34.5 Å². The molecule has 1 saturated heterocycles. The Hall–Kier alpha value is -3.55. The molecule has 0 bridgehead atoms. The summed E-state index contributed by atoms with van der Waals surface area (Å²) in [5.74, 6) is -2.56. The summed E-state index contributed by atoms with van der Waals surface area (Å²) in [7, 11) is 0. The Balaban J connectivity index is 1.67. The fourth-order valence-electron chi connectivity index (χ4n) is 3.89. The number of nitrogens with zero attached hydrogens (tertiary/aromatic N) is 2. The Labute approximate surface area is 184 Å². The van der Waals surface area contributed by atoms with E-state index in [0.717, 1.165) is 17.7 Å². The first-order chi connectivity index (χ1) is 15.3. The molecule has 0 aliphatic carbocycles. The van der Waals surface area contributed by atoms with Gasteiger partial charge in [-0.25, -0.2) is 4.39 Å². The number of carbonyl (C=O) groups is 2. The number of hydrogen-bond donors (Lipinski definition) is 1. The van der Waals surface area contributed by atoms with Crippen LogP contribution >= 0.6 is 0 Å². The molecular weight excluding hydrogens is 416 g/mol. The lowest BCUT2D eigenvalue weighted by molar-refractivity contribution is -0.130. The molecule has 1 aliphatic heterocycles. The predicted molar refractivity (Wildman–Crippen MR) is 113 cm³/mol. The van der Waals surface area contributed by atoms with Gasteiger partial charge in [-0.2, -0.15) is 4.39 Å². The van der Waals surface area contributed by atoms with Crippen LogP contribution in [0, 0.1) is 17.6 Å². The van der Waals surface area contributed by atoms with Crippen molar-refractivity contribution in [3.63, 3.8) is 0 Å². The molecule has 4 rings (SSSR count). The molecule has 0 radical (unpaired) electrons. The zero-order valence-electron chi connectivity index (χ0n) is 17.7. The normalized spacial score (nSPS) is 18.7. The second-order valence-electron chi connectivity index (χ2n) is 8.26. The van der Waals surface area contributed by atoms with Gasteiger partial charge < -0.3 is 14.7 Å². The van der Waals surface area contributed by atoms with Crippen molar-refractivity contribution in [1.29, 1.82) is 0 Å². The topological polar surface area (TPSA) is 75.4 Å². The highest BCUT2D eigenvalue weighted by atomic mass is 19.1. The maximum Gasteiger partial charge on any atom is 0.279 e. The van der Waals surface area contributed by atoms with E-state index in [1.807, 2.05) is 44.2 Å². The quantitative estimate of drug-likeness (QED) is 0.642. The molecule has 0 spiro atoms. The molecule has 2 heterocycles. The molecule has 1 aromatic heterocycles. The smallest absolute Gasteiger partial charge is 0.279 e. The van der Waals surface area contributed by atoms with Crippen LogP contribution in [0.3, 0.4) is 0 Å². The third-order valence-electron chi connectivity index (χ3n) is 5.48. The molecule has 2 aromatic carbocycles. The lowest BCUT2D eigenvalue weighted by Gasteiger charge is -2.40. The Kier molecular flexibility index (Phi) is 6.03. The van der Waals surface area contributed by atoms with Crippen LogP contribution in [0.15, 0.2) is 59.1 Å². The first kappa shape index (κ1) is 21.7. The van der Waals surface area contributed by atoms with Crippen LogP contribution < -0.4 is 5.32 Å². The summed E-state index contributed by atoms with van der Waals surface area (Å²) in [4.78, 5) is 27.6. The summed E-state index contributed by atoms with van der Waals surface area (Å²) in [6, 6.07) is 13.1. The largest absolute Gasteiger partial charge is 0.352 e. The van der Waals surface area contributed by atoms with Gasteiger partial charge in [-0.05, 0) is 42.2 Å². The van der Waals surface area contributed by atoms with E-state index in [1.165, 1.54) is 17.0 Å². The van der Waals surface area contributed by atoms with Crippen molar-refractivity contribution in [2.75, 3.05) is 6.54 Å². The van der Waals surface area contributed by atoms with E-state index in [-0.39, 0.29) is 29.7 Å². The van der Waals surface area contributed by atoms with Crippen molar-refractivity contribution in [2.24, 2.45) is 5.92 Å². The highest BCUT2D eigenvalue weighted by Crippen LogP contribution is 2.29. The van der Waals surface area contributed by atoms with Gasteiger partial charge in [-0.3, -0.25) is 9.59 Å². The molecule has 8 heteroatoms. The van der Waals surface area contributed by atoms with Crippen LogP contribution in [0.4, 0.5) is 8.78 Å². The Morgan fingerprint density at radius 3 is 2.50 bits per heavy atom. The number of carbonyl (C=O) groups excluding carboxylic acids is 2. The van der Waals surface area contributed by atoms with Gasteiger partial charge in [-0.15, -0.1) is 0 Å². The van der Waals surface area contributed by atoms with Gasteiger partial charge in [-0.1, -0.05) is 49.3 Å². The molecule has 2 atom stereocenters.